The van der Waals surface area contributed by atoms with Crippen LogP contribution in [-0.4, -0.2) is 25.2 Å². The van der Waals surface area contributed by atoms with E-state index in [4.69, 9.17) is 9.47 Å². The molecule has 152 valence electrons. The van der Waals surface area contributed by atoms with Gasteiger partial charge in [0.15, 0.2) is 0 Å². The maximum absolute atomic E-state index is 12.1. The van der Waals surface area contributed by atoms with E-state index in [0.29, 0.717) is 12.5 Å². The predicted molar refractivity (Wildman–Crippen MR) is 115 cm³/mol. The molecule has 0 fully saturated rings. The van der Waals surface area contributed by atoms with Gasteiger partial charge in [0.1, 0.15) is 11.5 Å². The van der Waals surface area contributed by atoms with Gasteiger partial charge in [0.05, 0.1) is 19.3 Å². The second-order valence-electron chi connectivity index (χ2n) is 7.32. The van der Waals surface area contributed by atoms with Crippen LogP contribution in [0.2, 0.25) is 0 Å². The van der Waals surface area contributed by atoms with Crippen LogP contribution in [0.5, 0.6) is 11.5 Å². The molecule has 2 aromatic carbocycles. The largest absolute Gasteiger partial charge is 0.494 e. The van der Waals surface area contributed by atoms with Gasteiger partial charge < -0.3 is 20.1 Å². The lowest BCUT2D eigenvalue weighted by atomic mass is 10.1. The summed E-state index contributed by atoms with van der Waals surface area (Å²) in [5.74, 6) is 2.17. The van der Waals surface area contributed by atoms with E-state index in [2.05, 4.69) is 31.4 Å². The van der Waals surface area contributed by atoms with Crippen LogP contribution in [0.25, 0.3) is 0 Å². The van der Waals surface area contributed by atoms with Crippen molar-refractivity contribution in [1.29, 1.82) is 0 Å². The average molecular weight is 385 g/mol. The Morgan fingerprint density at radius 1 is 0.929 bits per heavy atom. The Bertz CT molecular complexity index is 712. The van der Waals surface area contributed by atoms with Crippen LogP contribution in [0.4, 0.5) is 11.4 Å². The van der Waals surface area contributed by atoms with Gasteiger partial charge >= 0.3 is 0 Å². The minimum atomic E-state index is -0.104. The second kappa shape index (κ2) is 11.2. The normalized spacial score (nSPS) is 11.8. The van der Waals surface area contributed by atoms with E-state index in [9.17, 15) is 4.79 Å². The zero-order valence-electron chi connectivity index (χ0n) is 17.3. The molecule has 1 amide bonds. The van der Waals surface area contributed by atoms with Crippen LogP contribution in [0.1, 0.15) is 40.5 Å². The molecule has 0 saturated carbocycles. The Kier molecular flexibility index (Phi) is 8.66. The highest BCUT2D eigenvalue weighted by Crippen LogP contribution is 2.18. The third kappa shape index (κ3) is 7.91. The Labute approximate surface area is 168 Å². The summed E-state index contributed by atoms with van der Waals surface area (Å²) in [5.41, 5.74) is 1.63. The lowest BCUT2D eigenvalue weighted by molar-refractivity contribution is -0.114. The van der Waals surface area contributed by atoms with E-state index in [0.717, 1.165) is 35.7 Å². The fourth-order valence-corrected chi connectivity index (χ4v) is 2.40. The number of carbonyl (C=O) groups excluding carboxylic acids is 1. The number of rotatable bonds is 11. The van der Waals surface area contributed by atoms with Crippen molar-refractivity contribution in [2.75, 3.05) is 23.8 Å². The third-order valence-corrected chi connectivity index (χ3v) is 4.32. The van der Waals surface area contributed by atoms with Crippen molar-refractivity contribution in [2.24, 2.45) is 5.92 Å². The summed E-state index contributed by atoms with van der Waals surface area (Å²) in [6.07, 6.45) is 2.16. The van der Waals surface area contributed by atoms with Crippen LogP contribution in [0.15, 0.2) is 48.5 Å². The highest BCUT2D eigenvalue weighted by molar-refractivity contribution is 5.93. The molecule has 5 heteroatoms. The lowest BCUT2D eigenvalue weighted by Crippen LogP contribution is -2.21. The average Bonchev–Trinajstić information content (AvgIpc) is 2.68. The van der Waals surface area contributed by atoms with Crippen molar-refractivity contribution in [3.63, 3.8) is 0 Å². The molecule has 0 saturated heterocycles. The summed E-state index contributed by atoms with van der Waals surface area (Å²) < 4.78 is 11.4. The molecule has 2 N–H and O–H groups in total. The molecule has 2 rings (SSSR count). The van der Waals surface area contributed by atoms with E-state index < -0.39 is 0 Å². The first-order chi connectivity index (χ1) is 13.5. The molecule has 28 heavy (non-hydrogen) atoms. The Hall–Kier alpha value is -2.69. The van der Waals surface area contributed by atoms with Crippen molar-refractivity contribution in [2.45, 2.75) is 46.6 Å². The van der Waals surface area contributed by atoms with E-state index in [1.807, 2.05) is 55.5 Å². The van der Waals surface area contributed by atoms with E-state index in [-0.39, 0.29) is 18.6 Å². The standard InChI is InChI=1S/C23H32N2O3/c1-5-18(4)28-22-12-8-20(9-13-22)25-23(26)16-24-19-6-10-21(11-7-19)27-15-14-17(2)3/h6-13,17-18,24H,5,14-16H2,1-4H3,(H,25,26). The molecule has 0 aliphatic heterocycles. The van der Waals surface area contributed by atoms with Crippen molar-refractivity contribution in [3.05, 3.63) is 48.5 Å². The van der Waals surface area contributed by atoms with E-state index in [1.54, 1.807) is 0 Å². The van der Waals surface area contributed by atoms with Crippen molar-refractivity contribution in [3.8, 4) is 11.5 Å². The summed E-state index contributed by atoms with van der Waals surface area (Å²) >= 11 is 0. The first kappa shape index (κ1) is 21.6. The Balaban J connectivity index is 1.74. The van der Waals surface area contributed by atoms with Gasteiger partial charge in [-0.2, -0.15) is 0 Å². The number of carbonyl (C=O) groups is 1. The van der Waals surface area contributed by atoms with Crippen LogP contribution >= 0.6 is 0 Å². The van der Waals surface area contributed by atoms with Gasteiger partial charge in [-0.3, -0.25) is 4.79 Å². The van der Waals surface area contributed by atoms with Crippen molar-refractivity contribution < 1.29 is 14.3 Å². The molecular formula is C23H32N2O3. The van der Waals surface area contributed by atoms with Crippen LogP contribution < -0.4 is 20.1 Å². The topological polar surface area (TPSA) is 59.6 Å². The highest BCUT2D eigenvalue weighted by atomic mass is 16.5. The molecule has 0 radical (unpaired) electrons. The summed E-state index contributed by atoms with van der Waals surface area (Å²) in [6, 6.07) is 15.1. The SMILES string of the molecule is CCC(C)Oc1ccc(NC(=O)CNc2ccc(OCCC(C)C)cc2)cc1. The van der Waals surface area contributed by atoms with Gasteiger partial charge in [-0.1, -0.05) is 20.8 Å². The van der Waals surface area contributed by atoms with Crippen LogP contribution in [-0.2, 0) is 4.79 Å². The number of benzene rings is 2. The molecular weight excluding hydrogens is 352 g/mol. The first-order valence-electron chi connectivity index (χ1n) is 9.99. The molecule has 5 nitrogen and oxygen atoms in total. The fourth-order valence-electron chi connectivity index (χ4n) is 2.40. The molecule has 2 aromatic rings. The summed E-state index contributed by atoms with van der Waals surface area (Å²) in [6.45, 7) is 9.38. The summed E-state index contributed by atoms with van der Waals surface area (Å²) in [7, 11) is 0. The molecule has 0 spiro atoms. The van der Waals surface area contributed by atoms with Crippen molar-refractivity contribution in [1.82, 2.24) is 0 Å². The smallest absolute Gasteiger partial charge is 0.243 e. The maximum Gasteiger partial charge on any atom is 0.243 e. The van der Waals surface area contributed by atoms with E-state index in [1.165, 1.54) is 0 Å². The Morgan fingerprint density at radius 2 is 1.54 bits per heavy atom. The van der Waals surface area contributed by atoms with Crippen molar-refractivity contribution >= 4 is 17.3 Å². The molecule has 0 bridgehead atoms. The van der Waals surface area contributed by atoms with Gasteiger partial charge in [0.2, 0.25) is 5.91 Å². The summed E-state index contributed by atoms with van der Waals surface area (Å²) in [5, 5.41) is 5.99. The highest BCUT2D eigenvalue weighted by Gasteiger charge is 2.05. The number of nitrogens with one attached hydrogen (secondary N) is 2. The third-order valence-electron chi connectivity index (χ3n) is 4.32. The number of hydrogen-bond acceptors (Lipinski definition) is 4. The number of anilines is 2. The molecule has 0 aliphatic carbocycles. The van der Waals surface area contributed by atoms with Gasteiger partial charge in [-0.15, -0.1) is 0 Å². The van der Waals surface area contributed by atoms with Gasteiger partial charge in [0.25, 0.3) is 0 Å². The minimum Gasteiger partial charge on any atom is -0.494 e. The molecule has 0 aliphatic rings. The van der Waals surface area contributed by atoms with Crippen LogP contribution in [0.3, 0.4) is 0 Å². The monoisotopic (exact) mass is 384 g/mol. The van der Waals surface area contributed by atoms with E-state index >= 15 is 0 Å². The maximum atomic E-state index is 12.1. The van der Waals surface area contributed by atoms with Gasteiger partial charge in [0, 0.05) is 11.4 Å². The number of hydrogen-bond donors (Lipinski definition) is 2. The Morgan fingerprint density at radius 3 is 2.14 bits per heavy atom. The lowest BCUT2D eigenvalue weighted by Gasteiger charge is -2.13. The molecule has 1 atom stereocenters. The van der Waals surface area contributed by atoms with Crippen LogP contribution in [0, 0.1) is 5.92 Å². The minimum absolute atomic E-state index is 0.104. The first-order valence-corrected chi connectivity index (χ1v) is 9.99. The predicted octanol–water partition coefficient (Wildman–Crippen LogP) is 5.34. The molecule has 0 heterocycles. The van der Waals surface area contributed by atoms with Gasteiger partial charge in [-0.05, 0) is 74.2 Å². The number of ether oxygens (including phenoxy) is 2. The molecule has 1 unspecified atom stereocenters. The second-order valence-corrected chi connectivity index (χ2v) is 7.32. The number of amides is 1. The summed E-state index contributed by atoms with van der Waals surface area (Å²) in [4.78, 5) is 12.1. The molecule has 0 aromatic heterocycles. The van der Waals surface area contributed by atoms with Gasteiger partial charge in [-0.25, -0.2) is 0 Å². The zero-order valence-corrected chi connectivity index (χ0v) is 17.3. The quantitative estimate of drug-likeness (QED) is 0.549. The fraction of sp³-hybridized carbons (Fsp3) is 0.435. The zero-order chi connectivity index (χ0) is 20.4.